The summed E-state index contributed by atoms with van der Waals surface area (Å²) in [6, 6.07) is 7.14. The number of benzene rings is 1. The molecule has 2 aliphatic rings. The highest BCUT2D eigenvalue weighted by Gasteiger charge is 2.29. The summed E-state index contributed by atoms with van der Waals surface area (Å²) in [6.45, 7) is 8.99. The first kappa shape index (κ1) is 19.5. The van der Waals surface area contributed by atoms with Crippen LogP contribution in [0.25, 0.3) is 0 Å². The number of ether oxygens (including phenoxy) is 1. The molecule has 0 radical (unpaired) electrons. The van der Waals surface area contributed by atoms with E-state index in [1.54, 1.807) is 6.07 Å². The van der Waals surface area contributed by atoms with Crippen molar-refractivity contribution in [3.05, 3.63) is 47.4 Å². The standard InChI is InChI=1S/C21H29FN4O2/c1-16(26-9-11-27-12-10-26)18-5-7-25(8-6-18)15-21-23-20(24-28-21)14-17-3-2-4-19(22)13-17/h2-4,13,16,18H,5-12,14-15H2,1H3. The van der Waals surface area contributed by atoms with E-state index in [9.17, 15) is 4.39 Å². The minimum atomic E-state index is -0.240. The van der Waals surface area contributed by atoms with Crippen LogP contribution in [0.2, 0.25) is 0 Å². The van der Waals surface area contributed by atoms with E-state index in [4.69, 9.17) is 9.26 Å². The first-order valence-electron chi connectivity index (χ1n) is 10.3. The maximum Gasteiger partial charge on any atom is 0.240 e. The fourth-order valence-corrected chi connectivity index (χ4v) is 4.32. The molecule has 0 N–H and O–H groups in total. The van der Waals surface area contributed by atoms with Gasteiger partial charge in [-0.25, -0.2) is 4.39 Å². The van der Waals surface area contributed by atoms with Gasteiger partial charge in [0.2, 0.25) is 5.89 Å². The van der Waals surface area contributed by atoms with E-state index in [-0.39, 0.29) is 5.82 Å². The van der Waals surface area contributed by atoms with Crippen molar-refractivity contribution in [3.63, 3.8) is 0 Å². The van der Waals surface area contributed by atoms with Gasteiger partial charge in [0.25, 0.3) is 0 Å². The normalized spacial score (nSPS) is 21.1. The van der Waals surface area contributed by atoms with Crippen LogP contribution in [0.5, 0.6) is 0 Å². The van der Waals surface area contributed by atoms with Crippen molar-refractivity contribution in [2.45, 2.75) is 38.8 Å². The second-order valence-corrected chi connectivity index (χ2v) is 7.91. The molecule has 152 valence electrons. The Labute approximate surface area is 165 Å². The number of rotatable bonds is 6. The summed E-state index contributed by atoms with van der Waals surface area (Å²) in [5.41, 5.74) is 0.852. The second kappa shape index (κ2) is 9.11. The molecule has 0 bridgehead atoms. The zero-order chi connectivity index (χ0) is 19.3. The van der Waals surface area contributed by atoms with Gasteiger partial charge >= 0.3 is 0 Å². The molecule has 1 aromatic carbocycles. The van der Waals surface area contributed by atoms with E-state index >= 15 is 0 Å². The molecular formula is C21H29FN4O2. The van der Waals surface area contributed by atoms with Gasteiger partial charge in [0, 0.05) is 25.6 Å². The van der Waals surface area contributed by atoms with Crippen molar-refractivity contribution < 1.29 is 13.7 Å². The number of hydrogen-bond acceptors (Lipinski definition) is 6. The van der Waals surface area contributed by atoms with E-state index in [0.717, 1.165) is 50.9 Å². The fourth-order valence-electron chi connectivity index (χ4n) is 4.32. The van der Waals surface area contributed by atoms with E-state index in [1.807, 2.05) is 6.07 Å². The van der Waals surface area contributed by atoms with Crippen molar-refractivity contribution in [1.29, 1.82) is 0 Å². The van der Waals surface area contributed by atoms with Crippen LogP contribution >= 0.6 is 0 Å². The summed E-state index contributed by atoms with van der Waals surface area (Å²) < 4.78 is 24.2. The number of piperidine rings is 1. The van der Waals surface area contributed by atoms with Gasteiger partial charge < -0.3 is 9.26 Å². The third-order valence-corrected chi connectivity index (χ3v) is 6.06. The number of aromatic nitrogens is 2. The van der Waals surface area contributed by atoms with Gasteiger partial charge in [0.1, 0.15) is 5.82 Å². The Bertz CT molecular complexity index is 754. The Morgan fingerprint density at radius 3 is 2.71 bits per heavy atom. The van der Waals surface area contributed by atoms with Gasteiger partial charge in [0.15, 0.2) is 5.82 Å². The summed E-state index contributed by atoms with van der Waals surface area (Å²) in [4.78, 5) is 9.45. The van der Waals surface area contributed by atoms with Crippen LogP contribution in [0.4, 0.5) is 4.39 Å². The van der Waals surface area contributed by atoms with Crippen LogP contribution in [0.3, 0.4) is 0 Å². The Kier molecular flexibility index (Phi) is 6.34. The third-order valence-electron chi connectivity index (χ3n) is 6.06. The molecule has 0 aliphatic carbocycles. The summed E-state index contributed by atoms with van der Waals surface area (Å²) in [5, 5.41) is 4.06. The number of hydrogen-bond donors (Lipinski definition) is 0. The van der Waals surface area contributed by atoms with E-state index in [1.165, 1.54) is 25.0 Å². The van der Waals surface area contributed by atoms with Gasteiger partial charge in [-0.1, -0.05) is 17.3 Å². The van der Waals surface area contributed by atoms with Gasteiger partial charge in [-0.2, -0.15) is 4.98 Å². The highest BCUT2D eigenvalue weighted by molar-refractivity contribution is 5.19. The molecule has 0 spiro atoms. The molecule has 2 saturated heterocycles. The molecule has 4 rings (SSSR count). The van der Waals surface area contributed by atoms with Gasteiger partial charge in [-0.15, -0.1) is 0 Å². The van der Waals surface area contributed by atoms with Crippen LogP contribution in [0, 0.1) is 11.7 Å². The van der Waals surface area contributed by atoms with Gasteiger partial charge in [0.05, 0.1) is 19.8 Å². The number of likely N-dealkylation sites (tertiary alicyclic amines) is 1. The van der Waals surface area contributed by atoms with Crippen molar-refractivity contribution in [2.75, 3.05) is 39.4 Å². The first-order valence-corrected chi connectivity index (χ1v) is 10.3. The molecule has 2 fully saturated rings. The molecule has 0 amide bonds. The van der Waals surface area contributed by atoms with Crippen LogP contribution < -0.4 is 0 Å². The summed E-state index contributed by atoms with van der Waals surface area (Å²) in [6.07, 6.45) is 2.88. The van der Waals surface area contributed by atoms with Crippen molar-refractivity contribution in [1.82, 2.24) is 19.9 Å². The lowest BCUT2D eigenvalue weighted by Gasteiger charge is -2.40. The minimum Gasteiger partial charge on any atom is -0.379 e. The number of halogens is 1. The molecule has 1 aromatic heterocycles. The lowest BCUT2D eigenvalue weighted by molar-refractivity contribution is -0.00238. The molecule has 2 aliphatic heterocycles. The predicted octanol–water partition coefficient (Wildman–Crippen LogP) is 2.73. The lowest BCUT2D eigenvalue weighted by Crippen LogP contribution is -2.48. The quantitative estimate of drug-likeness (QED) is 0.759. The summed E-state index contributed by atoms with van der Waals surface area (Å²) in [7, 11) is 0. The molecule has 28 heavy (non-hydrogen) atoms. The lowest BCUT2D eigenvalue weighted by atomic mass is 9.89. The smallest absolute Gasteiger partial charge is 0.240 e. The molecular weight excluding hydrogens is 359 g/mol. The largest absolute Gasteiger partial charge is 0.379 e. The van der Waals surface area contributed by atoms with Crippen LogP contribution in [0.15, 0.2) is 28.8 Å². The third kappa shape index (κ3) is 4.96. The topological polar surface area (TPSA) is 54.6 Å². The average Bonchev–Trinajstić information content (AvgIpc) is 3.15. The Balaban J connectivity index is 1.25. The highest BCUT2D eigenvalue weighted by atomic mass is 19.1. The second-order valence-electron chi connectivity index (χ2n) is 7.91. The van der Waals surface area contributed by atoms with E-state index in [2.05, 4.69) is 26.9 Å². The molecule has 3 heterocycles. The van der Waals surface area contributed by atoms with Crippen molar-refractivity contribution >= 4 is 0 Å². The Hall–Kier alpha value is -1.83. The molecule has 6 nitrogen and oxygen atoms in total. The molecule has 7 heteroatoms. The summed E-state index contributed by atoms with van der Waals surface area (Å²) >= 11 is 0. The zero-order valence-electron chi connectivity index (χ0n) is 16.5. The molecule has 0 saturated carbocycles. The number of nitrogens with zero attached hydrogens (tertiary/aromatic N) is 4. The van der Waals surface area contributed by atoms with E-state index < -0.39 is 0 Å². The summed E-state index contributed by atoms with van der Waals surface area (Å²) in [5.74, 6) is 1.75. The first-order chi connectivity index (χ1) is 13.7. The van der Waals surface area contributed by atoms with E-state index in [0.29, 0.717) is 30.7 Å². The predicted molar refractivity (Wildman–Crippen MR) is 103 cm³/mol. The number of morpholine rings is 1. The molecule has 2 aromatic rings. The Morgan fingerprint density at radius 1 is 1.18 bits per heavy atom. The zero-order valence-corrected chi connectivity index (χ0v) is 16.5. The highest BCUT2D eigenvalue weighted by Crippen LogP contribution is 2.25. The van der Waals surface area contributed by atoms with Crippen LogP contribution in [-0.2, 0) is 17.7 Å². The maximum atomic E-state index is 13.3. The SMILES string of the molecule is CC(C1CCN(Cc2nc(Cc3cccc(F)c3)no2)CC1)N1CCOCC1. The Morgan fingerprint density at radius 2 is 1.96 bits per heavy atom. The average molecular weight is 388 g/mol. The molecule has 1 unspecified atom stereocenters. The van der Waals surface area contributed by atoms with Crippen molar-refractivity contribution in [3.8, 4) is 0 Å². The van der Waals surface area contributed by atoms with Crippen LogP contribution in [0.1, 0.15) is 37.0 Å². The van der Waals surface area contributed by atoms with Crippen molar-refractivity contribution in [2.24, 2.45) is 5.92 Å². The fraction of sp³-hybridized carbons (Fsp3) is 0.619. The maximum absolute atomic E-state index is 13.3. The monoisotopic (exact) mass is 388 g/mol. The molecule has 1 atom stereocenters. The minimum absolute atomic E-state index is 0.240. The van der Waals surface area contributed by atoms with Gasteiger partial charge in [-0.3, -0.25) is 9.80 Å². The van der Waals surface area contributed by atoms with Crippen LogP contribution in [-0.4, -0.2) is 65.4 Å². The van der Waals surface area contributed by atoms with Gasteiger partial charge in [-0.05, 0) is 56.5 Å².